The molecule has 3 nitrogen and oxygen atoms in total. The number of benzene rings is 3. The molecule has 4 heterocycles. The van der Waals surface area contributed by atoms with Gasteiger partial charge in [0.05, 0.1) is 11.3 Å². The Bertz CT molecular complexity index is 1240. The lowest BCUT2D eigenvalue weighted by Gasteiger charge is -2.38. The number of imidazole rings is 1. The van der Waals surface area contributed by atoms with Gasteiger partial charge in [-0.2, -0.15) is 0 Å². The first kappa shape index (κ1) is 13.0. The van der Waals surface area contributed by atoms with Gasteiger partial charge in [-0.25, -0.2) is 9.49 Å². The van der Waals surface area contributed by atoms with Gasteiger partial charge >= 0.3 is 12.7 Å². The molecule has 0 saturated carbocycles. The molecule has 7 rings (SSSR count). The van der Waals surface area contributed by atoms with Gasteiger partial charge < -0.3 is 0 Å². The molecule has 120 valence electrons. The van der Waals surface area contributed by atoms with Crippen molar-refractivity contribution in [3.63, 3.8) is 0 Å². The van der Waals surface area contributed by atoms with Crippen LogP contribution in [0.25, 0.3) is 22.5 Å². The number of anilines is 1. The fraction of sp³-hybridized carbons (Fsp3) is 0.0455. The highest BCUT2D eigenvalue weighted by Crippen LogP contribution is 2.40. The second-order valence-corrected chi connectivity index (χ2v) is 7.33. The molecule has 0 N–H and O–H groups in total. The van der Waals surface area contributed by atoms with Crippen LogP contribution in [0.15, 0.2) is 79.1 Å². The van der Waals surface area contributed by atoms with Gasteiger partial charge in [-0.15, -0.1) is 4.68 Å². The summed E-state index contributed by atoms with van der Waals surface area (Å²) in [4.78, 5) is 2.47. The molecule has 4 heteroatoms. The van der Waals surface area contributed by atoms with Crippen molar-refractivity contribution in [2.75, 3.05) is 4.92 Å². The van der Waals surface area contributed by atoms with Crippen LogP contribution in [0, 0.1) is 0 Å². The quantitative estimate of drug-likeness (QED) is 0.313. The van der Waals surface area contributed by atoms with Crippen molar-refractivity contribution in [2.24, 2.45) is 0 Å². The van der Waals surface area contributed by atoms with Gasteiger partial charge in [0.15, 0.2) is 6.20 Å². The number of rotatable bonds is 0. The zero-order valence-corrected chi connectivity index (χ0v) is 14.1. The molecule has 4 aromatic rings. The summed E-state index contributed by atoms with van der Waals surface area (Å²) in [5, 5.41) is 0. The summed E-state index contributed by atoms with van der Waals surface area (Å²) in [7, 11) is 0. The number of aromatic nitrogens is 2. The average molecular weight is 332 g/mol. The van der Waals surface area contributed by atoms with Crippen LogP contribution in [0.1, 0.15) is 5.56 Å². The lowest BCUT2D eigenvalue weighted by Crippen LogP contribution is -2.64. The van der Waals surface area contributed by atoms with Crippen LogP contribution in [0.5, 0.6) is 0 Å². The zero-order chi connectivity index (χ0) is 16.8. The molecule has 0 aliphatic carbocycles. The molecule has 0 amide bonds. The molecular formula is C22H15BN3+. The molecular weight excluding hydrogens is 317 g/mol. The predicted octanol–water partition coefficient (Wildman–Crippen LogP) is 2.17. The summed E-state index contributed by atoms with van der Waals surface area (Å²) in [6.07, 6.45) is 4.43. The summed E-state index contributed by atoms with van der Waals surface area (Å²) in [6, 6.07) is 24.5. The van der Waals surface area contributed by atoms with Gasteiger partial charge in [-0.05, 0) is 22.6 Å². The zero-order valence-electron chi connectivity index (χ0n) is 14.1. The molecule has 3 aromatic carbocycles. The maximum atomic E-state index is 2.47. The second-order valence-electron chi connectivity index (χ2n) is 7.33. The molecule has 0 saturated heterocycles. The summed E-state index contributed by atoms with van der Waals surface area (Å²) < 4.78 is 4.73. The van der Waals surface area contributed by atoms with E-state index in [0.717, 1.165) is 6.54 Å². The molecule has 3 aliphatic heterocycles. The molecule has 26 heavy (non-hydrogen) atoms. The lowest BCUT2D eigenvalue weighted by atomic mass is 9.45. The largest absolute Gasteiger partial charge is 0.375 e. The van der Waals surface area contributed by atoms with E-state index in [1.807, 2.05) is 0 Å². The summed E-state index contributed by atoms with van der Waals surface area (Å²) in [6.45, 7) is 1.18. The minimum atomic E-state index is 0.211. The third-order valence-electron chi connectivity index (χ3n) is 6.09. The van der Waals surface area contributed by atoms with Crippen LogP contribution in [-0.2, 0) is 6.54 Å². The molecule has 3 aliphatic rings. The van der Waals surface area contributed by atoms with E-state index in [2.05, 4.69) is 93.3 Å². The third kappa shape index (κ3) is 1.34. The highest BCUT2D eigenvalue weighted by molar-refractivity contribution is 6.91. The van der Waals surface area contributed by atoms with Crippen LogP contribution in [0.4, 0.5) is 5.69 Å². The van der Waals surface area contributed by atoms with Gasteiger partial charge in [0, 0.05) is 11.1 Å². The molecule has 0 bridgehead atoms. The smallest absolute Gasteiger partial charge is 0.248 e. The van der Waals surface area contributed by atoms with Gasteiger partial charge in [-0.1, -0.05) is 60.7 Å². The topological polar surface area (TPSA) is 12.0 Å². The fourth-order valence-electron chi connectivity index (χ4n) is 5.10. The van der Waals surface area contributed by atoms with E-state index < -0.39 is 0 Å². The van der Waals surface area contributed by atoms with Crippen LogP contribution >= 0.6 is 0 Å². The normalized spacial score (nSPS) is 14.6. The number of hydrogen-bond acceptors (Lipinski definition) is 1. The number of para-hydroxylation sites is 1. The standard InChI is InChI=1S/C22H15BN3/c1-3-9-18-16(7-1)17-8-2-4-11-20(17)26-23(18)19-10-5-6-15-14-24-12-13-25(26)22(24)21(15)19/h1-13H,14H2/q+1. The molecule has 0 unspecified atom stereocenters. The number of hydrogen-bond donors (Lipinski definition) is 0. The van der Waals surface area contributed by atoms with Gasteiger partial charge in [0.25, 0.3) is 0 Å². The summed E-state index contributed by atoms with van der Waals surface area (Å²) >= 11 is 0. The minimum Gasteiger partial charge on any atom is -0.248 e. The van der Waals surface area contributed by atoms with Gasteiger partial charge in [0.2, 0.25) is 0 Å². The molecule has 0 spiro atoms. The van der Waals surface area contributed by atoms with Crippen molar-refractivity contribution in [2.45, 2.75) is 6.54 Å². The van der Waals surface area contributed by atoms with Crippen molar-refractivity contribution >= 4 is 23.5 Å². The van der Waals surface area contributed by atoms with Gasteiger partial charge in [0.1, 0.15) is 12.7 Å². The van der Waals surface area contributed by atoms with Crippen molar-refractivity contribution in [1.29, 1.82) is 0 Å². The average Bonchev–Trinajstić information content (AvgIpc) is 3.27. The fourth-order valence-corrected chi connectivity index (χ4v) is 5.10. The van der Waals surface area contributed by atoms with Crippen LogP contribution in [0.3, 0.4) is 0 Å². The molecule has 0 fully saturated rings. The van der Waals surface area contributed by atoms with Crippen LogP contribution in [0.2, 0.25) is 0 Å². The molecule has 0 atom stereocenters. The SMILES string of the molecule is c1ccc2c(c1)B1c3cccc4c3-c3n(cc[n+]3C4)N1c1ccccc1-2. The Kier molecular flexibility index (Phi) is 2.14. The second kappa shape index (κ2) is 4.28. The van der Waals surface area contributed by atoms with Crippen LogP contribution in [-0.4, -0.2) is 11.5 Å². The third-order valence-corrected chi connectivity index (χ3v) is 6.09. The number of nitrogens with zero attached hydrogens (tertiary/aromatic N) is 3. The van der Waals surface area contributed by atoms with Crippen molar-refractivity contribution < 1.29 is 4.57 Å². The maximum absolute atomic E-state index is 2.47. The first-order valence-electron chi connectivity index (χ1n) is 9.12. The van der Waals surface area contributed by atoms with E-state index in [-0.39, 0.29) is 6.85 Å². The predicted molar refractivity (Wildman–Crippen MR) is 104 cm³/mol. The highest BCUT2D eigenvalue weighted by atomic mass is 15.5. The summed E-state index contributed by atoms with van der Waals surface area (Å²) in [5.74, 6) is 1.31. The van der Waals surface area contributed by atoms with E-state index in [9.17, 15) is 0 Å². The van der Waals surface area contributed by atoms with E-state index in [1.165, 1.54) is 44.7 Å². The van der Waals surface area contributed by atoms with Crippen molar-refractivity contribution in [1.82, 2.24) is 4.68 Å². The Morgan fingerprint density at radius 3 is 2.58 bits per heavy atom. The van der Waals surface area contributed by atoms with Crippen molar-refractivity contribution in [3.8, 4) is 22.5 Å². The van der Waals surface area contributed by atoms with E-state index in [4.69, 9.17) is 0 Å². The Balaban J connectivity index is 1.67. The van der Waals surface area contributed by atoms with E-state index >= 15 is 0 Å². The Morgan fingerprint density at radius 2 is 1.62 bits per heavy atom. The maximum Gasteiger partial charge on any atom is 0.375 e. The number of fused-ring (bicyclic) bond motifs is 8. The Morgan fingerprint density at radius 1 is 0.808 bits per heavy atom. The Hall–Kier alpha value is -3.27. The van der Waals surface area contributed by atoms with E-state index in [0.29, 0.717) is 0 Å². The first-order chi connectivity index (χ1) is 12.9. The van der Waals surface area contributed by atoms with Gasteiger partial charge in [-0.3, -0.25) is 0 Å². The Labute approximate surface area is 151 Å². The first-order valence-corrected chi connectivity index (χ1v) is 9.12. The summed E-state index contributed by atoms with van der Waals surface area (Å²) in [5.41, 5.74) is 9.60. The van der Waals surface area contributed by atoms with Crippen molar-refractivity contribution in [3.05, 3.63) is 84.7 Å². The lowest BCUT2D eigenvalue weighted by molar-refractivity contribution is -0.671. The van der Waals surface area contributed by atoms with Crippen LogP contribution < -0.4 is 20.4 Å². The minimum absolute atomic E-state index is 0.211. The van der Waals surface area contributed by atoms with E-state index in [1.54, 1.807) is 0 Å². The monoisotopic (exact) mass is 332 g/mol. The highest BCUT2D eigenvalue weighted by Gasteiger charge is 2.49. The molecule has 1 aromatic heterocycles. The molecule has 0 radical (unpaired) electrons.